The molecule has 0 atom stereocenters. The molecule has 0 aliphatic rings. The number of carbonyl (C=O) groups is 3. The van der Waals surface area contributed by atoms with Crippen LogP contribution in [0, 0.1) is 13.8 Å². The molecule has 2 N–H and O–H groups in total. The Balaban J connectivity index is 2.34. The molecule has 2 heterocycles. The summed E-state index contributed by atoms with van der Waals surface area (Å²) < 4.78 is 12.9. The summed E-state index contributed by atoms with van der Waals surface area (Å²) >= 11 is 0. The Morgan fingerprint density at radius 2 is 1.53 bits per heavy atom. The fraction of sp³-hybridized carbons (Fsp3) is 0.379. The summed E-state index contributed by atoms with van der Waals surface area (Å²) in [5, 5.41) is 0. The van der Waals surface area contributed by atoms with Crippen LogP contribution in [0.3, 0.4) is 0 Å². The first-order chi connectivity index (χ1) is 17.6. The zero-order valence-corrected chi connectivity index (χ0v) is 23.3. The van der Waals surface area contributed by atoms with Crippen LogP contribution in [-0.2, 0) is 15.9 Å². The van der Waals surface area contributed by atoms with Gasteiger partial charge in [0.25, 0.3) is 5.91 Å². The van der Waals surface area contributed by atoms with E-state index >= 15 is 0 Å². The molecule has 38 heavy (non-hydrogen) atoms. The van der Waals surface area contributed by atoms with Crippen LogP contribution in [0.15, 0.2) is 42.6 Å². The maximum absolute atomic E-state index is 13.6. The Morgan fingerprint density at radius 1 is 0.974 bits per heavy atom. The minimum atomic E-state index is -0.957. The minimum absolute atomic E-state index is 0.0821. The highest BCUT2D eigenvalue weighted by Crippen LogP contribution is 2.34. The number of aromatic nitrogens is 2. The molecule has 9 nitrogen and oxygen atoms in total. The average molecular weight is 521 g/mol. The zero-order chi connectivity index (χ0) is 28.4. The van der Waals surface area contributed by atoms with Gasteiger partial charge in [-0.15, -0.1) is 0 Å². The molecule has 0 radical (unpaired) electrons. The van der Waals surface area contributed by atoms with Gasteiger partial charge in [0.15, 0.2) is 5.65 Å². The Kier molecular flexibility index (Phi) is 8.00. The van der Waals surface area contributed by atoms with Crippen LogP contribution in [0.5, 0.6) is 0 Å². The molecule has 2 aromatic heterocycles. The number of pyridine rings is 1. The van der Waals surface area contributed by atoms with Crippen molar-refractivity contribution < 1.29 is 23.9 Å². The number of rotatable bonds is 5. The van der Waals surface area contributed by atoms with E-state index in [1.54, 1.807) is 59.1 Å². The Labute approximate surface area is 223 Å². The van der Waals surface area contributed by atoms with Crippen LogP contribution >= 0.6 is 0 Å². The van der Waals surface area contributed by atoms with E-state index < -0.39 is 29.3 Å². The molecule has 0 saturated heterocycles. The van der Waals surface area contributed by atoms with E-state index in [-0.39, 0.29) is 17.7 Å². The van der Waals surface area contributed by atoms with Crippen molar-refractivity contribution in [3.8, 4) is 0 Å². The van der Waals surface area contributed by atoms with Crippen molar-refractivity contribution in [3.05, 3.63) is 70.7 Å². The van der Waals surface area contributed by atoms with E-state index in [2.05, 4.69) is 4.98 Å². The van der Waals surface area contributed by atoms with Crippen molar-refractivity contribution in [1.29, 1.82) is 0 Å². The number of nitrogens with zero attached hydrogens (tertiary/aromatic N) is 3. The van der Waals surface area contributed by atoms with Gasteiger partial charge in [0, 0.05) is 11.9 Å². The number of amides is 3. The fourth-order valence-corrected chi connectivity index (χ4v) is 3.82. The second-order valence-electron chi connectivity index (χ2n) is 11.0. The summed E-state index contributed by atoms with van der Waals surface area (Å²) in [6.45, 7) is 13.8. The second-order valence-corrected chi connectivity index (χ2v) is 11.0. The second kappa shape index (κ2) is 10.7. The highest BCUT2D eigenvalue weighted by atomic mass is 16.6. The number of primary amides is 1. The molecule has 0 unspecified atom stereocenters. The molecule has 3 rings (SSSR count). The van der Waals surface area contributed by atoms with Crippen molar-refractivity contribution in [2.45, 2.75) is 73.0 Å². The Hall–Kier alpha value is -4.14. The monoisotopic (exact) mass is 520 g/mol. The summed E-state index contributed by atoms with van der Waals surface area (Å²) in [6, 6.07) is 9.61. The molecule has 0 spiro atoms. The van der Waals surface area contributed by atoms with E-state index in [0.29, 0.717) is 16.9 Å². The number of nitrogens with two attached hydrogens (primary N) is 1. The van der Waals surface area contributed by atoms with Crippen LogP contribution in [0.1, 0.15) is 74.4 Å². The summed E-state index contributed by atoms with van der Waals surface area (Å²) in [5.41, 5.74) is 7.19. The van der Waals surface area contributed by atoms with Crippen LogP contribution in [-0.4, -0.2) is 38.7 Å². The lowest BCUT2D eigenvalue weighted by Crippen LogP contribution is -2.44. The molecule has 0 bridgehead atoms. The standard InChI is InChI=1S/C29H36N4O5/c1-18-19(2)32-17-22(24(30)34)21(16-12-15-20-13-10-9-11-14-20)23(25(32)31-18)33(26(35)37-28(3,4)5)27(36)38-29(6,7)8/h9-15,17H,16H2,1-8H3,(H2,30,34). The van der Waals surface area contributed by atoms with Crippen LogP contribution in [0.2, 0.25) is 0 Å². The average Bonchev–Trinajstić information content (AvgIpc) is 3.06. The van der Waals surface area contributed by atoms with Gasteiger partial charge in [-0.2, -0.15) is 4.90 Å². The van der Waals surface area contributed by atoms with Gasteiger partial charge in [0.1, 0.15) is 16.9 Å². The number of anilines is 1. The fourth-order valence-electron chi connectivity index (χ4n) is 3.82. The SMILES string of the molecule is Cc1nc2c(N(C(=O)OC(C)(C)C)C(=O)OC(C)(C)C)c(CC=Cc3ccccc3)c(C(N)=O)cn2c1C. The molecule has 202 valence electrons. The van der Waals surface area contributed by atoms with E-state index in [9.17, 15) is 14.4 Å². The van der Waals surface area contributed by atoms with E-state index in [0.717, 1.165) is 16.2 Å². The van der Waals surface area contributed by atoms with Gasteiger partial charge < -0.3 is 19.6 Å². The number of hydrogen-bond acceptors (Lipinski definition) is 6. The van der Waals surface area contributed by atoms with Crippen molar-refractivity contribution in [1.82, 2.24) is 9.38 Å². The number of imidazole rings is 1. The van der Waals surface area contributed by atoms with Gasteiger partial charge >= 0.3 is 12.2 Å². The first kappa shape index (κ1) is 28.4. The first-order valence-corrected chi connectivity index (χ1v) is 12.4. The van der Waals surface area contributed by atoms with Crippen molar-refractivity contribution in [2.24, 2.45) is 5.73 Å². The smallest absolute Gasteiger partial charge is 0.424 e. The third-order valence-electron chi connectivity index (χ3n) is 5.54. The quantitative estimate of drug-likeness (QED) is 0.442. The molecule has 0 saturated carbocycles. The largest absolute Gasteiger partial charge is 0.443 e. The Bertz CT molecular complexity index is 1360. The molecular formula is C29H36N4O5. The lowest BCUT2D eigenvalue weighted by Gasteiger charge is -2.30. The van der Waals surface area contributed by atoms with E-state index in [1.807, 2.05) is 49.4 Å². The predicted molar refractivity (Wildman–Crippen MR) is 147 cm³/mol. The number of carbonyl (C=O) groups excluding carboxylic acids is 3. The predicted octanol–water partition coefficient (Wildman–Crippen LogP) is 5.98. The van der Waals surface area contributed by atoms with Gasteiger partial charge in [-0.3, -0.25) is 4.79 Å². The lowest BCUT2D eigenvalue weighted by molar-refractivity contribution is 0.0430. The maximum Gasteiger partial charge on any atom is 0.424 e. The first-order valence-electron chi connectivity index (χ1n) is 12.4. The highest BCUT2D eigenvalue weighted by molar-refractivity contribution is 6.14. The molecule has 0 aliphatic heterocycles. The molecule has 0 aliphatic carbocycles. The number of allylic oxidation sites excluding steroid dienone is 1. The molecule has 3 amide bonds. The van der Waals surface area contributed by atoms with Crippen molar-refractivity contribution in [2.75, 3.05) is 4.90 Å². The summed E-state index contributed by atoms with van der Waals surface area (Å²) in [6.07, 6.45) is 3.56. The highest BCUT2D eigenvalue weighted by Gasteiger charge is 2.37. The van der Waals surface area contributed by atoms with E-state index in [4.69, 9.17) is 15.2 Å². The summed E-state index contributed by atoms with van der Waals surface area (Å²) in [4.78, 5) is 45.3. The molecule has 9 heteroatoms. The van der Waals surface area contributed by atoms with Crippen LogP contribution in [0.25, 0.3) is 11.7 Å². The van der Waals surface area contributed by atoms with Gasteiger partial charge in [0.05, 0.1) is 11.3 Å². The van der Waals surface area contributed by atoms with Gasteiger partial charge in [0.2, 0.25) is 0 Å². The van der Waals surface area contributed by atoms with Crippen LogP contribution in [0.4, 0.5) is 15.3 Å². The maximum atomic E-state index is 13.6. The third-order valence-corrected chi connectivity index (χ3v) is 5.54. The van der Waals surface area contributed by atoms with Gasteiger partial charge in [-0.25, -0.2) is 14.6 Å². The van der Waals surface area contributed by atoms with Crippen LogP contribution < -0.4 is 10.6 Å². The van der Waals surface area contributed by atoms with E-state index in [1.165, 1.54) is 0 Å². The summed E-state index contributed by atoms with van der Waals surface area (Å²) in [7, 11) is 0. The zero-order valence-electron chi connectivity index (χ0n) is 23.3. The third kappa shape index (κ3) is 6.59. The minimum Gasteiger partial charge on any atom is -0.443 e. The number of imide groups is 1. The normalized spacial score (nSPS) is 12.1. The molecular weight excluding hydrogens is 484 g/mol. The summed E-state index contributed by atoms with van der Waals surface area (Å²) in [5.74, 6) is -0.713. The van der Waals surface area contributed by atoms with Gasteiger partial charge in [-0.05, 0) is 72.9 Å². The topological polar surface area (TPSA) is 116 Å². The Morgan fingerprint density at radius 3 is 2.03 bits per heavy atom. The van der Waals surface area contributed by atoms with Gasteiger partial charge in [-0.1, -0.05) is 42.5 Å². The number of ether oxygens (including phenoxy) is 2. The molecule has 3 aromatic rings. The van der Waals surface area contributed by atoms with Crippen molar-refractivity contribution in [3.63, 3.8) is 0 Å². The van der Waals surface area contributed by atoms with Crippen molar-refractivity contribution >= 4 is 35.5 Å². The number of benzene rings is 1. The number of aryl methyl sites for hydroxylation is 2. The molecule has 0 fully saturated rings. The molecule has 1 aromatic carbocycles. The lowest BCUT2D eigenvalue weighted by atomic mass is 10.0. The number of fused-ring (bicyclic) bond motifs is 1. The number of hydrogen-bond donors (Lipinski definition) is 1.